The average molecular weight is 378 g/mol. The first kappa shape index (κ1) is 18.1. The Bertz CT molecular complexity index is 954. The van der Waals surface area contributed by atoms with Crippen molar-refractivity contribution in [1.82, 2.24) is 29.4 Å². The Balaban J connectivity index is 1.55. The van der Waals surface area contributed by atoms with Gasteiger partial charge < -0.3 is 9.80 Å². The van der Waals surface area contributed by atoms with Crippen LogP contribution in [0.4, 0.5) is 0 Å². The summed E-state index contributed by atoms with van der Waals surface area (Å²) in [6.07, 6.45) is 4.37. The first-order valence-electron chi connectivity index (χ1n) is 9.45. The summed E-state index contributed by atoms with van der Waals surface area (Å²) in [7, 11) is 0. The number of aromatic nitrogens is 4. The quantitative estimate of drug-likeness (QED) is 0.691. The number of amides is 2. The molecule has 2 amide bonds. The maximum Gasteiger partial charge on any atom is 0.293 e. The fourth-order valence-corrected chi connectivity index (χ4v) is 3.52. The molecule has 0 spiro atoms. The summed E-state index contributed by atoms with van der Waals surface area (Å²) >= 11 is 0. The van der Waals surface area contributed by atoms with Gasteiger partial charge in [-0.15, -0.1) is 5.10 Å². The van der Waals surface area contributed by atoms with Gasteiger partial charge in [-0.1, -0.05) is 37.3 Å². The SMILES string of the molecule is CCC1CN(C(=O)c2nc3ncccn3n2)CCC(=O)N1Cc1ccccc1. The van der Waals surface area contributed by atoms with Gasteiger partial charge >= 0.3 is 0 Å². The number of nitrogens with zero attached hydrogens (tertiary/aromatic N) is 6. The minimum absolute atomic E-state index is 0.0469. The molecule has 1 unspecified atom stereocenters. The van der Waals surface area contributed by atoms with Crippen molar-refractivity contribution in [3.05, 3.63) is 60.2 Å². The second-order valence-electron chi connectivity index (χ2n) is 6.87. The van der Waals surface area contributed by atoms with Crippen LogP contribution in [-0.4, -0.2) is 60.3 Å². The molecule has 1 aliphatic rings. The lowest BCUT2D eigenvalue weighted by atomic mass is 10.1. The standard InChI is InChI=1S/C20H22N6O2/c1-2-16-14-24(19(28)18-22-20-21-10-6-11-26(20)23-18)12-9-17(27)25(16)13-15-7-4-3-5-8-15/h3-8,10-11,16H,2,9,12-14H2,1H3. The van der Waals surface area contributed by atoms with Crippen LogP contribution in [0, 0.1) is 0 Å². The van der Waals surface area contributed by atoms with Gasteiger partial charge in [0.05, 0.1) is 0 Å². The minimum Gasteiger partial charge on any atom is -0.334 e. The van der Waals surface area contributed by atoms with Crippen molar-refractivity contribution in [3.8, 4) is 0 Å². The van der Waals surface area contributed by atoms with Gasteiger partial charge in [0.15, 0.2) is 0 Å². The summed E-state index contributed by atoms with van der Waals surface area (Å²) in [6, 6.07) is 11.6. The van der Waals surface area contributed by atoms with Gasteiger partial charge in [0.1, 0.15) is 0 Å². The molecule has 0 N–H and O–H groups in total. The van der Waals surface area contributed by atoms with Crippen molar-refractivity contribution < 1.29 is 9.59 Å². The monoisotopic (exact) mass is 378 g/mol. The second kappa shape index (κ2) is 7.75. The summed E-state index contributed by atoms with van der Waals surface area (Å²) in [5.41, 5.74) is 1.09. The molecule has 1 aromatic carbocycles. The Morgan fingerprint density at radius 3 is 2.79 bits per heavy atom. The van der Waals surface area contributed by atoms with Gasteiger partial charge in [-0.25, -0.2) is 9.50 Å². The maximum absolute atomic E-state index is 13.0. The number of carbonyl (C=O) groups is 2. The van der Waals surface area contributed by atoms with E-state index in [0.717, 1.165) is 12.0 Å². The average Bonchev–Trinajstić information content (AvgIpc) is 3.10. The third-order valence-corrected chi connectivity index (χ3v) is 5.05. The first-order valence-corrected chi connectivity index (χ1v) is 9.45. The van der Waals surface area contributed by atoms with E-state index in [1.807, 2.05) is 42.2 Å². The lowest BCUT2D eigenvalue weighted by molar-refractivity contribution is -0.133. The molecule has 3 aromatic rings. The van der Waals surface area contributed by atoms with Crippen LogP contribution < -0.4 is 0 Å². The van der Waals surface area contributed by atoms with E-state index < -0.39 is 0 Å². The third kappa shape index (κ3) is 3.58. The fraction of sp³-hybridized carbons (Fsp3) is 0.350. The van der Waals surface area contributed by atoms with Crippen molar-refractivity contribution in [2.24, 2.45) is 0 Å². The zero-order chi connectivity index (χ0) is 19.5. The van der Waals surface area contributed by atoms with Gasteiger partial charge in [-0.3, -0.25) is 9.59 Å². The summed E-state index contributed by atoms with van der Waals surface area (Å²) in [4.78, 5) is 37.7. The van der Waals surface area contributed by atoms with Gasteiger partial charge in [0, 0.05) is 44.5 Å². The molecule has 1 fully saturated rings. The van der Waals surface area contributed by atoms with Crippen molar-refractivity contribution in [3.63, 3.8) is 0 Å². The highest BCUT2D eigenvalue weighted by Crippen LogP contribution is 2.19. The van der Waals surface area contributed by atoms with Crippen LogP contribution in [0.5, 0.6) is 0 Å². The molecule has 0 bridgehead atoms. The molecule has 8 nitrogen and oxygen atoms in total. The van der Waals surface area contributed by atoms with Gasteiger partial charge in [-0.2, -0.15) is 4.98 Å². The van der Waals surface area contributed by atoms with Crippen LogP contribution in [0.2, 0.25) is 0 Å². The highest BCUT2D eigenvalue weighted by Gasteiger charge is 2.32. The van der Waals surface area contributed by atoms with Crippen LogP contribution in [0.3, 0.4) is 0 Å². The smallest absolute Gasteiger partial charge is 0.293 e. The molecular weight excluding hydrogens is 356 g/mol. The zero-order valence-electron chi connectivity index (χ0n) is 15.7. The molecular formula is C20H22N6O2. The van der Waals surface area contributed by atoms with Crippen LogP contribution in [-0.2, 0) is 11.3 Å². The molecule has 1 saturated heterocycles. The van der Waals surface area contributed by atoms with Gasteiger partial charge in [0.2, 0.25) is 11.7 Å². The van der Waals surface area contributed by atoms with Crippen LogP contribution in [0.25, 0.3) is 5.78 Å². The largest absolute Gasteiger partial charge is 0.334 e. The predicted molar refractivity (Wildman–Crippen MR) is 102 cm³/mol. The van der Waals surface area contributed by atoms with Crippen molar-refractivity contribution in [2.75, 3.05) is 13.1 Å². The van der Waals surface area contributed by atoms with Gasteiger partial charge in [0.25, 0.3) is 11.7 Å². The molecule has 4 rings (SSSR count). The van der Waals surface area contributed by atoms with E-state index in [-0.39, 0.29) is 23.7 Å². The van der Waals surface area contributed by atoms with Crippen molar-refractivity contribution in [2.45, 2.75) is 32.4 Å². The third-order valence-electron chi connectivity index (χ3n) is 5.05. The van der Waals surface area contributed by atoms with E-state index >= 15 is 0 Å². The molecule has 144 valence electrons. The summed E-state index contributed by atoms with van der Waals surface area (Å²) in [5.74, 6) is 0.293. The Morgan fingerprint density at radius 1 is 1.21 bits per heavy atom. The molecule has 0 saturated carbocycles. The molecule has 1 atom stereocenters. The minimum atomic E-state index is -0.265. The summed E-state index contributed by atoms with van der Waals surface area (Å²) in [5, 5.41) is 4.23. The Hall–Kier alpha value is -3.29. The van der Waals surface area contributed by atoms with E-state index in [0.29, 0.717) is 31.8 Å². The number of hydrogen-bond acceptors (Lipinski definition) is 5. The van der Waals surface area contributed by atoms with Crippen LogP contribution >= 0.6 is 0 Å². The van der Waals surface area contributed by atoms with E-state index in [9.17, 15) is 9.59 Å². The molecule has 1 aliphatic heterocycles. The van der Waals surface area contributed by atoms with Crippen LogP contribution in [0.15, 0.2) is 48.8 Å². The normalized spacial score (nSPS) is 17.8. The van der Waals surface area contributed by atoms with E-state index in [1.165, 1.54) is 4.52 Å². The first-order chi connectivity index (χ1) is 13.7. The van der Waals surface area contributed by atoms with E-state index in [2.05, 4.69) is 15.1 Å². The number of rotatable bonds is 4. The predicted octanol–water partition coefficient (Wildman–Crippen LogP) is 1.78. The Kier molecular flexibility index (Phi) is 5.01. The topological polar surface area (TPSA) is 83.7 Å². The number of fused-ring (bicyclic) bond motifs is 1. The maximum atomic E-state index is 13.0. The highest BCUT2D eigenvalue weighted by molar-refractivity contribution is 5.91. The lowest BCUT2D eigenvalue weighted by Crippen LogP contribution is -2.44. The Labute approximate surface area is 162 Å². The second-order valence-corrected chi connectivity index (χ2v) is 6.87. The Morgan fingerprint density at radius 2 is 2.04 bits per heavy atom. The van der Waals surface area contributed by atoms with E-state index in [1.54, 1.807) is 23.4 Å². The molecule has 2 aromatic heterocycles. The molecule has 28 heavy (non-hydrogen) atoms. The van der Waals surface area contributed by atoms with Crippen molar-refractivity contribution in [1.29, 1.82) is 0 Å². The lowest BCUT2D eigenvalue weighted by Gasteiger charge is -2.31. The number of benzene rings is 1. The van der Waals surface area contributed by atoms with Crippen LogP contribution in [0.1, 0.15) is 35.9 Å². The van der Waals surface area contributed by atoms with Gasteiger partial charge in [-0.05, 0) is 18.1 Å². The van der Waals surface area contributed by atoms with Crippen molar-refractivity contribution >= 4 is 17.6 Å². The molecule has 0 radical (unpaired) electrons. The summed E-state index contributed by atoms with van der Waals surface area (Å²) in [6.45, 7) is 3.42. The summed E-state index contributed by atoms with van der Waals surface area (Å²) < 4.78 is 1.48. The molecule has 8 heteroatoms. The molecule has 0 aliphatic carbocycles. The fourth-order valence-electron chi connectivity index (χ4n) is 3.52. The van der Waals surface area contributed by atoms with E-state index in [4.69, 9.17) is 0 Å². The highest BCUT2D eigenvalue weighted by atomic mass is 16.2. The number of carbonyl (C=O) groups excluding carboxylic acids is 2. The number of hydrogen-bond donors (Lipinski definition) is 0. The zero-order valence-corrected chi connectivity index (χ0v) is 15.7. The molecule has 3 heterocycles.